The van der Waals surface area contributed by atoms with E-state index in [1.54, 1.807) is 25.4 Å². The number of rotatable bonds is 5. The number of aromatic carboxylic acids is 1. The van der Waals surface area contributed by atoms with Crippen LogP contribution in [0.15, 0.2) is 42.6 Å². The molecule has 126 valence electrons. The van der Waals surface area contributed by atoms with Crippen molar-refractivity contribution in [1.29, 1.82) is 0 Å². The lowest BCUT2D eigenvalue weighted by Gasteiger charge is -2.36. The quantitative estimate of drug-likeness (QED) is 0.911. The van der Waals surface area contributed by atoms with Crippen molar-refractivity contribution >= 4 is 5.97 Å². The van der Waals surface area contributed by atoms with Crippen molar-refractivity contribution in [2.75, 3.05) is 13.7 Å². The zero-order valence-electron chi connectivity index (χ0n) is 13.8. The Hall–Kier alpha value is -2.40. The van der Waals surface area contributed by atoms with Crippen LogP contribution in [0.25, 0.3) is 0 Å². The third-order valence-electron chi connectivity index (χ3n) is 4.59. The molecule has 1 aliphatic rings. The van der Waals surface area contributed by atoms with E-state index in [0.717, 1.165) is 25.1 Å². The second-order valence-corrected chi connectivity index (χ2v) is 6.06. The van der Waals surface area contributed by atoms with Gasteiger partial charge in [-0.05, 0) is 49.2 Å². The molecule has 1 aromatic heterocycles. The second-order valence-electron chi connectivity index (χ2n) is 6.06. The number of ether oxygens (including phenoxy) is 1. The van der Waals surface area contributed by atoms with Gasteiger partial charge in [-0.3, -0.25) is 9.88 Å². The van der Waals surface area contributed by atoms with Crippen LogP contribution in [0.2, 0.25) is 0 Å². The molecule has 0 bridgehead atoms. The number of nitrogens with zero attached hydrogens (tertiary/aromatic N) is 2. The molecule has 1 aromatic carbocycles. The number of pyridine rings is 1. The molecule has 0 unspecified atom stereocenters. The average Bonchev–Trinajstić information content (AvgIpc) is 2.62. The van der Waals surface area contributed by atoms with Crippen LogP contribution in [0, 0.1) is 0 Å². The van der Waals surface area contributed by atoms with Crippen LogP contribution in [0.1, 0.15) is 46.9 Å². The zero-order chi connectivity index (χ0) is 16.9. The Labute approximate surface area is 141 Å². The van der Waals surface area contributed by atoms with Crippen molar-refractivity contribution < 1.29 is 14.6 Å². The minimum absolute atomic E-state index is 0.285. The number of carboxylic acids is 1. The van der Waals surface area contributed by atoms with E-state index >= 15 is 0 Å². The Bertz CT molecular complexity index is 700. The minimum Gasteiger partial charge on any atom is -0.497 e. The minimum atomic E-state index is -0.920. The topological polar surface area (TPSA) is 62.7 Å². The van der Waals surface area contributed by atoms with Crippen LogP contribution in [-0.2, 0) is 6.54 Å². The van der Waals surface area contributed by atoms with Gasteiger partial charge in [0.2, 0.25) is 0 Å². The predicted molar refractivity (Wildman–Crippen MR) is 91.2 cm³/mol. The summed E-state index contributed by atoms with van der Waals surface area (Å²) in [7, 11) is 1.66. The third-order valence-corrected chi connectivity index (χ3v) is 4.59. The molecule has 2 heterocycles. The molecular weight excluding hydrogens is 304 g/mol. The molecule has 2 aromatic rings. The lowest BCUT2D eigenvalue weighted by molar-refractivity contribution is 0.0691. The van der Waals surface area contributed by atoms with Crippen LogP contribution < -0.4 is 4.74 Å². The molecule has 5 heteroatoms. The van der Waals surface area contributed by atoms with Crippen LogP contribution in [0.3, 0.4) is 0 Å². The molecular formula is C19H22N2O3. The van der Waals surface area contributed by atoms with Crippen LogP contribution >= 0.6 is 0 Å². The first kappa shape index (κ1) is 16.5. The van der Waals surface area contributed by atoms with E-state index in [2.05, 4.69) is 22.0 Å². The maximum Gasteiger partial charge on any atom is 0.337 e. The van der Waals surface area contributed by atoms with Gasteiger partial charge in [0.1, 0.15) is 5.75 Å². The molecule has 1 fully saturated rings. The highest BCUT2D eigenvalue weighted by molar-refractivity contribution is 5.88. The molecule has 24 heavy (non-hydrogen) atoms. The van der Waals surface area contributed by atoms with Crippen molar-refractivity contribution in [3.63, 3.8) is 0 Å². The van der Waals surface area contributed by atoms with Gasteiger partial charge in [-0.1, -0.05) is 18.6 Å². The van der Waals surface area contributed by atoms with Crippen LogP contribution in [-0.4, -0.2) is 34.6 Å². The van der Waals surface area contributed by atoms with Gasteiger partial charge in [0.25, 0.3) is 0 Å². The lowest BCUT2D eigenvalue weighted by atomic mass is 9.94. The van der Waals surface area contributed by atoms with Gasteiger partial charge < -0.3 is 9.84 Å². The van der Waals surface area contributed by atoms with Gasteiger partial charge in [0, 0.05) is 18.8 Å². The van der Waals surface area contributed by atoms with Crippen molar-refractivity contribution in [1.82, 2.24) is 9.88 Å². The smallest absolute Gasteiger partial charge is 0.337 e. The fourth-order valence-corrected chi connectivity index (χ4v) is 3.33. The van der Waals surface area contributed by atoms with Gasteiger partial charge >= 0.3 is 5.97 Å². The Balaban J connectivity index is 1.83. The van der Waals surface area contributed by atoms with Crippen molar-refractivity contribution in [3.8, 4) is 5.75 Å². The summed E-state index contributed by atoms with van der Waals surface area (Å²) in [5, 5.41) is 9.36. The van der Waals surface area contributed by atoms with Crippen molar-refractivity contribution in [2.24, 2.45) is 0 Å². The molecule has 0 aliphatic carbocycles. The maximum atomic E-state index is 11.4. The lowest BCUT2D eigenvalue weighted by Crippen LogP contribution is -2.33. The monoisotopic (exact) mass is 326 g/mol. The predicted octanol–water partition coefficient (Wildman–Crippen LogP) is 3.52. The summed E-state index contributed by atoms with van der Waals surface area (Å²) in [6.45, 7) is 1.51. The molecule has 1 aliphatic heterocycles. The molecule has 1 atom stereocenters. The van der Waals surface area contributed by atoms with Gasteiger partial charge in [0.05, 0.1) is 18.4 Å². The number of carboxylic acid groups (broad SMARTS) is 1. The van der Waals surface area contributed by atoms with E-state index in [9.17, 15) is 9.90 Å². The SMILES string of the molecule is COc1ccc([C@@H]2CCCCN2Cc2ncccc2C(=O)O)cc1. The highest BCUT2D eigenvalue weighted by atomic mass is 16.5. The number of piperidine rings is 1. The number of hydrogen-bond acceptors (Lipinski definition) is 4. The molecule has 0 radical (unpaired) electrons. The largest absolute Gasteiger partial charge is 0.497 e. The van der Waals surface area contributed by atoms with Crippen LogP contribution in [0.5, 0.6) is 5.75 Å². The molecule has 1 saturated heterocycles. The summed E-state index contributed by atoms with van der Waals surface area (Å²) < 4.78 is 5.23. The molecule has 3 rings (SSSR count). The summed E-state index contributed by atoms with van der Waals surface area (Å²) in [4.78, 5) is 18.1. The first-order chi connectivity index (χ1) is 11.7. The molecule has 0 saturated carbocycles. The van der Waals surface area contributed by atoms with Crippen molar-refractivity contribution in [2.45, 2.75) is 31.8 Å². The first-order valence-electron chi connectivity index (χ1n) is 8.24. The average molecular weight is 326 g/mol. The van der Waals surface area contributed by atoms with Crippen molar-refractivity contribution in [3.05, 3.63) is 59.4 Å². The van der Waals surface area contributed by atoms with E-state index in [1.165, 1.54) is 12.0 Å². The van der Waals surface area contributed by atoms with E-state index in [4.69, 9.17) is 4.74 Å². The van der Waals surface area contributed by atoms with E-state index in [0.29, 0.717) is 12.2 Å². The fraction of sp³-hybridized carbons (Fsp3) is 0.368. The highest BCUT2D eigenvalue weighted by Gasteiger charge is 2.25. The van der Waals surface area contributed by atoms with E-state index in [1.807, 2.05) is 12.1 Å². The highest BCUT2D eigenvalue weighted by Crippen LogP contribution is 2.33. The summed E-state index contributed by atoms with van der Waals surface area (Å²) in [6.07, 6.45) is 5.04. The van der Waals surface area contributed by atoms with E-state index in [-0.39, 0.29) is 11.6 Å². The normalized spacial score (nSPS) is 18.3. The number of hydrogen-bond donors (Lipinski definition) is 1. The number of aromatic nitrogens is 1. The van der Waals surface area contributed by atoms with Crippen LogP contribution in [0.4, 0.5) is 0 Å². The van der Waals surface area contributed by atoms with Gasteiger partial charge in [-0.2, -0.15) is 0 Å². The fourth-order valence-electron chi connectivity index (χ4n) is 3.33. The Kier molecular flexibility index (Phi) is 5.11. The number of likely N-dealkylation sites (tertiary alicyclic amines) is 1. The number of benzene rings is 1. The third kappa shape index (κ3) is 3.57. The molecule has 0 spiro atoms. The number of methoxy groups -OCH3 is 1. The van der Waals surface area contributed by atoms with Gasteiger partial charge in [0.15, 0.2) is 0 Å². The standard InChI is InChI=1S/C19H22N2O3/c1-24-15-9-7-14(8-10-15)18-6-2-3-12-21(18)13-17-16(19(22)23)5-4-11-20-17/h4-5,7-11,18H,2-3,6,12-13H2,1H3,(H,22,23)/t18-/m0/s1. The van der Waals surface area contributed by atoms with E-state index < -0.39 is 5.97 Å². The molecule has 0 amide bonds. The summed E-state index contributed by atoms with van der Waals surface area (Å²) in [6, 6.07) is 11.7. The first-order valence-corrected chi connectivity index (χ1v) is 8.24. The Morgan fingerprint density at radius 2 is 2.08 bits per heavy atom. The van der Waals surface area contributed by atoms with Gasteiger partial charge in [-0.25, -0.2) is 4.79 Å². The Morgan fingerprint density at radius 1 is 1.29 bits per heavy atom. The summed E-state index contributed by atoms with van der Waals surface area (Å²) >= 11 is 0. The Morgan fingerprint density at radius 3 is 2.79 bits per heavy atom. The summed E-state index contributed by atoms with van der Waals surface area (Å²) in [5.74, 6) is -0.0740. The maximum absolute atomic E-state index is 11.4. The second kappa shape index (κ2) is 7.45. The number of carbonyl (C=O) groups is 1. The van der Waals surface area contributed by atoms with Gasteiger partial charge in [-0.15, -0.1) is 0 Å². The zero-order valence-corrected chi connectivity index (χ0v) is 13.8. The summed E-state index contributed by atoms with van der Waals surface area (Å²) in [5.41, 5.74) is 2.16. The molecule has 1 N–H and O–H groups in total. The molecule has 5 nitrogen and oxygen atoms in total.